The van der Waals surface area contributed by atoms with E-state index in [0.717, 1.165) is 10.8 Å². The van der Waals surface area contributed by atoms with Crippen LogP contribution in [0.2, 0.25) is 0 Å². The average Bonchev–Trinajstić information content (AvgIpc) is 2.66. The van der Waals surface area contributed by atoms with Gasteiger partial charge < -0.3 is 37.6 Å². The number of hydrogen-bond donors (Lipinski definition) is 7. The van der Waals surface area contributed by atoms with Crippen LogP contribution in [-0.2, 0) is 33.8 Å². The maximum atomic E-state index is 11.1. The topological polar surface area (TPSA) is 214 Å². The Balaban J connectivity index is 3.31. The van der Waals surface area contributed by atoms with Gasteiger partial charge in [-0.05, 0) is 25.6 Å². The Labute approximate surface area is 173 Å². The second kappa shape index (κ2) is 11.3. The molecule has 0 aliphatic carbocycles. The minimum atomic E-state index is -2.66. The predicted octanol–water partition coefficient (Wildman–Crippen LogP) is -1.44. The van der Waals surface area contributed by atoms with E-state index < -0.39 is 67.5 Å². The number of nitrogens with two attached hydrogens (primary N) is 3. The van der Waals surface area contributed by atoms with Crippen molar-refractivity contribution in [3.8, 4) is 5.75 Å². The molecule has 11 heteroatoms. The highest BCUT2D eigenvalue weighted by Crippen LogP contribution is 2.22. The predicted molar refractivity (Wildman–Crippen MR) is 101 cm³/mol. The number of aromatic hydroxyl groups is 1. The Bertz CT molecular complexity index is 901. The number of pyridine rings is 1. The molecule has 0 saturated carbocycles. The summed E-state index contributed by atoms with van der Waals surface area (Å²) in [6, 6.07) is -4.27. The zero-order valence-electron chi connectivity index (χ0n) is 19.6. The van der Waals surface area contributed by atoms with E-state index in [0.29, 0.717) is 0 Å². The standard InChI is InChI=1S/C18H28N4O7/c19-12(16(24)25)3-1-2-6-22-8-10(4-5-13(20)17(26)27)11(15(23)9-22)7-14(21)18(28)29/h8-9,12-14H,1-7,19-21H2,(H3-,23,24,25,26,27,28,29)/p+1/t12-,13-,14-/m0/s1/i1D2,2D2. The lowest BCUT2D eigenvalue weighted by atomic mass is 9.96. The van der Waals surface area contributed by atoms with Crippen LogP contribution in [0.3, 0.4) is 0 Å². The maximum absolute atomic E-state index is 11.1. The number of aromatic nitrogens is 1. The van der Waals surface area contributed by atoms with E-state index in [1.807, 2.05) is 0 Å². The van der Waals surface area contributed by atoms with Crippen molar-refractivity contribution in [2.45, 2.75) is 63.1 Å². The summed E-state index contributed by atoms with van der Waals surface area (Å²) in [5, 5.41) is 37.4. The van der Waals surface area contributed by atoms with Gasteiger partial charge in [-0.3, -0.25) is 14.4 Å². The molecule has 3 atom stereocenters. The number of aryl methyl sites for hydroxylation is 2. The summed E-state index contributed by atoms with van der Waals surface area (Å²) >= 11 is 0. The molecular formula is C18H29N4O7+. The molecule has 0 fully saturated rings. The van der Waals surface area contributed by atoms with E-state index in [-0.39, 0.29) is 30.4 Å². The smallest absolute Gasteiger partial charge is 0.320 e. The van der Waals surface area contributed by atoms with Gasteiger partial charge in [-0.2, -0.15) is 0 Å². The number of aliphatic carboxylic acids is 3. The maximum Gasteiger partial charge on any atom is 0.320 e. The third kappa shape index (κ3) is 8.02. The molecule has 11 nitrogen and oxygen atoms in total. The summed E-state index contributed by atoms with van der Waals surface area (Å²) in [6.45, 7) is -0.664. The molecule has 0 unspecified atom stereocenters. The Morgan fingerprint density at radius 1 is 0.931 bits per heavy atom. The number of carboxylic acids is 3. The Morgan fingerprint density at radius 3 is 2.03 bits per heavy atom. The number of carbonyl (C=O) groups is 3. The van der Waals surface area contributed by atoms with E-state index in [9.17, 15) is 19.5 Å². The largest absolute Gasteiger partial charge is 0.503 e. The highest BCUT2D eigenvalue weighted by atomic mass is 16.4. The van der Waals surface area contributed by atoms with Gasteiger partial charge >= 0.3 is 17.9 Å². The average molecular weight is 417 g/mol. The minimum Gasteiger partial charge on any atom is -0.503 e. The van der Waals surface area contributed by atoms with Gasteiger partial charge in [0.2, 0.25) is 6.20 Å². The zero-order chi connectivity index (χ0) is 25.7. The summed E-state index contributed by atoms with van der Waals surface area (Å²) in [7, 11) is 0. The highest BCUT2D eigenvalue weighted by molar-refractivity contribution is 5.74. The van der Waals surface area contributed by atoms with Crippen LogP contribution in [0.1, 0.15) is 42.2 Å². The molecule has 0 bridgehead atoms. The van der Waals surface area contributed by atoms with Crippen LogP contribution in [-0.4, -0.2) is 56.5 Å². The minimum absolute atomic E-state index is 0.0245. The van der Waals surface area contributed by atoms with Crippen LogP contribution >= 0.6 is 0 Å². The molecule has 0 aliphatic rings. The Morgan fingerprint density at radius 2 is 1.48 bits per heavy atom. The lowest BCUT2D eigenvalue weighted by molar-refractivity contribution is -0.698. The van der Waals surface area contributed by atoms with E-state index in [4.69, 9.17) is 38.0 Å². The zero-order valence-corrected chi connectivity index (χ0v) is 15.6. The van der Waals surface area contributed by atoms with Gasteiger partial charge in [-0.25, -0.2) is 4.57 Å². The molecule has 0 spiro atoms. The van der Waals surface area contributed by atoms with Crippen molar-refractivity contribution >= 4 is 17.9 Å². The summed E-state index contributed by atoms with van der Waals surface area (Å²) < 4.78 is 33.3. The third-order valence-corrected chi connectivity index (χ3v) is 4.12. The first-order valence-corrected chi connectivity index (χ1v) is 8.67. The summed E-state index contributed by atoms with van der Waals surface area (Å²) in [6.07, 6.45) is -4.17. The normalized spacial score (nSPS) is 17.2. The first-order chi connectivity index (χ1) is 15.0. The monoisotopic (exact) mass is 417 g/mol. The number of rotatable bonds is 13. The van der Waals surface area contributed by atoms with Crippen molar-refractivity contribution in [2.75, 3.05) is 0 Å². The summed E-state index contributed by atoms with van der Waals surface area (Å²) in [5.74, 6) is -4.55. The van der Waals surface area contributed by atoms with Gasteiger partial charge in [-0.1, -0.05) is 0 Å². The van der Waals surface area contributed by atoms with E-state index in [1.165, 1.54) is 6.20 Å². The van der Waals surface area contributed by atoms with Crippen molar-refractivity contribution in [3.63, 3.8) is 0 Å². The van der Waals surface area contributed by atoms with Crippen LogP contribution in [0.25, 0.3) is 0 Å². The molecule has 0 aromatic carbocycles. The van der Waals surface area contributed by atoms with E-state index in [1.54, 1.807) is 0 Å². The van der Waals surface area contributed by atoms with E-state index >= 15 is 0 Å². The molecule has 1 aromatic rings. The van der Waals surface area contributed by atoms with Gasteiger partial charge in [0.25, 0.3) is 0 Å². The molecule has 10 N–H and O–H groups in total. The van der Waals surface area contributed by atoms with Crippen LogP contribution in [0, 0.1) is 0 Å². The van der Waals surface area contributed by atoms with Crippen LogP contribution in [0.15, 0.2) is 12.4 Å². The molecule has 0 radical (unpaired) electrons. The SMILES string of the molecule is [2H]C([2H])(C[C@H](N)C(=O)O)C([2H])([2H])C[n+]1cc(O)c(C[C@H](N)C(=O)O)c(CC[C@H](N)C(=O)O)c1. The number of carboxylic acid groups (broad SMARTS) is 3. The number of nitrogens with zero attached hydrogens (tertiary/aromatic N) is 1. The fraction of sp³-hybridized carbons (Fsp3) is 0.556. The van der Waals surface area contributed by atoms with Crippen molar-refractivity contribution in [3.05, 3.63) is 23.5 Å². The summed E-state index contributed by atoms with van der Waals surface area (Å²) in [5.41, 5.74) is 16.8. The fourth-order valence-corrected chi connectivity index (χ4v) is 2.42. The van der Waals surface area contributed by atoms with Crippen LogP contribution in [0.4, 0.5) is 0 Å². The molecule has 0 aliphatic heterocycles. The van der Waals surface area contributed by atoms with E-state index in [2.05, 4.69) is 0 Å². The second-order valence-electron chi connectivity index (χ2n) is 6.45. The third-order valence-electron chi connectivity index (χ3n) is 4.12. The summed E-state index contributed by atoms with van der Waals surface area (Å²) in [4.78, 5) is 33.1. The fourth-order valence-electron chi connectivity index (χ4n) is 2.42. The molecule has 1 rings (SSSR count). The van der Waals surface area contributed by atoms with Gasteiger partial charge in [0.05, 0.1) is 0 Å². The molecular weight excluding hydrogens is 384 g/mol. The molecule has 29 heavy (non-hydrogen) atoms. The van der Waals surface area contributed by atoms with Gasteiger partial charge in [0.15, 0.2) is 11.9 Å². The number of hydrogen-bond acceptors (Lipinski definition) is 7. The Hall–Kier alpha value is -2.76. The molecule has 1 aromatic heterocycles. The first-order valence-electron chi connectivity index (χ1n) is 10.7. The second-order valence-corrected chi connectivity index (χ2v) is 6.45. The van der Waals surface area contributed by atoms with Gasteiger partial charge in [0.1, 0.15) is 24.7 Å². The van der Waals surface area contributed by atoms with Crippen molar-refractivity contribution in [2.24, 2.45) is 17.2 Å². The van der Waals surface area contributed by atoms with Crippen molar-refractivity contribution in [1.82, 2.24) is 0 Å². The molecule has 0 amide bonds. The van der Waals surface area contributed by atoms with Crippen molar-refractivity contribution in [1.29, 1.82) is 0 Å². The molecule has 162 valence electrons. The quantitative estimate of drug-likeness (QED) is 0.185. The first kappa shape index (κ1) is 18.3. The lowest BCUT2D eigenvalue weighted by Gasteiger charge is -2.14. The highest BCUT2D eigenvalue weighted by Gasteiger charge is 2.23. The van der Waals surface area contributed by atoms with Gasteiger partial charge in [0, 0.05) is 29.4 Å². The van der Waals surface area contributed by atoms with Crippen molar-refractivity contribution < 1.29 is 44.9 Å². The molecule has 1 heterocycles. The van der Waals surface area contributed by atoms with Gasteiger partial charge in [-0.15, -0.1) is 0 Å². The Kier molecular flexibility index (Phi) is 7.12. The molecule has 0 saturated heterocycles. The van der Waals surface area contributed by atoms with Crippen LogP contribution < -0.4 is 21.8 Å². The van der Waals surface area contributed by atoms with Crippen LogP contribution in [0.5, 0.6) is 5.75 Å². The lowest BCUT2D eigenvalue weighted by Crippen LogP contribution is -2.37.